The molecule has 14 rings (SSSR count). The van der Waals surface area contributed by atoms with E-state index in [9.17, 15) is 0 Å². The Morgan fingerprint density at radius 1 is 0.554 bits per heavy atom. The summed E-state index contributed by atoms with van der Waals surface area (Å²) in [7, 11) is 0. The van der Waals surface area contributed by atoms with Gasteiger partial charge in [0.1, 0.15) is 11.2 Å². The number of para-hydroxylation sites is 3. The van der Waals surface area contributed by atoms with E-state index in [2.05, 4.69) is 247 Å². The van der Waals surface area contributed by atoms with Crippen molar-refractivity contribution in [2.24, 2.45) is 0 Å². The maximum Gasteiger partial charge on any atom is 0.143 e. The van der Waals surface area contributed by atoms with Crippen LogP contribution >= 0.6 is 0 Å². The van der Waals surface area contributed by atoms with E-state index in [1.54, 1.807) is 0 Å². The van der Waals surface area contributed by atoms with Crippen LogP contribution in [0.3, 0.4) is 0 Å². The average molecular weight is 963 g/mol. The minimum atomic E-state index is -0.542. The van der Waals surface area contributed by atoms with Crippen molar-refractivity contribution < 1.29 is 4.42 Å². The third-order valence-electron chi connectivity index (χ3n) is 20.0. The Bertz CT molecular complexity index is 3870. The van der Waals surface area contributed by atoms with Crippen LogP contribution in [0.2, 0.25) is 0 Å². The number of furan rings is 1. The van der Waals surface area contributed by atoms with E-state index < -0.39 is 5.41 Å². The lowest BCUT2D eigenvalue weighted by Crippen LogP contribution is -2.54. The highest BCUT2D eigenvalue weighted by atomic mass is 16.3. The van der Waals surface area contributed by atoms with Crippen molar-refractivity contribution in [1.29, 1.82) is 0 Å². The summed E-state index contributed by atoms with van der Waals surface area (Å²) >= 11 is 0. The Balaban J connectivity index is 0.961. The van der Waals surface area contributed by atoms with Gasteiger partial charge in [-0.15, -0.1) is 0 Å². The van der Waals surface area contributed by atoms with Crippen molar-refractivity contribution in [3.05, 3.63) is 221 Å². The molecule has 1 fully saturated rings. The van der Waals surface area contributed by atoms with Crippen LogP contribution in [0, 0.1) is 0 Å². The van der Waals surface area contributed by atoms with Crippen molar-refractivity contribution in [1.82, 2.24) is 0 Å². The van der Waals surface area contributed by atoms with Crippen LogP contribution in [0.5, 0.6) is 0 Å². The normalized spacial score (nSPS) is 24.0. The Labute approximate surface area is 437 Å². The lowest BCUT2D eigenvalue weighted by Gasteiger charge is -2.50. The van der Waals surface area contributed by atoms with Gasteiger partial charge < -0.3 is 14.2 Å². The zero-order valence-electron chi connectivity index (χ0n) is 44.4. The summed E-state index contributed by atoms with van der Waals surface area (Å²) in [5.74, 6) is 0. The molecule has 74 heavy (non-hydrogen) atoms. The summed E-state index contributed by atoms with van der Waals surface area (Å²) in [6, 6.07) is 65.0. The molecule has 1 saturated carbocycles. The number of fused-ring (bicyclic) bond motifs is 15. The molecule has 3 nitrogen and oxygen atoms in total. The second-order valence-corrected chi connectivity index (χ2v) is 23.5. The fourth-order valence-corrected chi connectivity index (χ4v) is 15.9. The van der Waals surface area contributed by atoms with E-state index in [-0.39, 0.29) is 21.9 Å². The molecule has 1 aromatic heterocycles. The molecule has 3 heterocycles. The Kier molecular flexibility index (Phi) is 9.68. The lowest BCUT2D eigenvalue weighted by molar-refractivity contribution is 0.195. The van der Waals surface area contributed by atoms with E-state index >= 15 is 0 Å². The summed E-state index contributed by atoms with van der Waals surface area (Å²) in [6.07, 6.45) is 11.7. The molecular weight excluding hydrogens is 897 g/mol. The van der Waals surface area contributed by atoms with Gasteiger partial charge in [0.25, 0.3) is 0 Å². The van der Waals surface area contributed by atoms with Crippen LogP contribution in [0.15, 0.2) is 192 Å². The van der Waals surface area contributed by atoms with Gasteiger partial charge in [-0.25, -0.2) is 0 Å². The molecule has 366 valence electrons. The molecule has 0 radical (unpaired) electrons. The molecule has 0 N–H and O–H groups in total. The quantitative estimate of drug-likeness (QED) is 0.159. The van der Waals surface area contributed by atoms with Crippen LogP contribution in [0.25, 0.3) is 60.9 Å². The molecule has 9 aromatic rings. The summed E-state index contributed by atoms with van der Waals surface area (Å²) < 4.78 is 7.13. The van der Waals surface area contributed by atoms with Gasteiger partial charge in [-0.1, -0.05) is 174 Å². The third-order valence-corrected chi connectivity index (χ3v) is 20.0. The van der Waals surface area contributed by atoms with Gasteiger partial charge in [0.2, 0.25) is 0 Å². The molecule has 5 aliphatic rings. The molecule has 3 heteroatoms. The average Bonchev–Trinajstić information content (AvgIpc) is 4.23. The van der Waals surface area contributed by atoms with Gasteiger partial charge in [0.05, 0.1) is 16.5 Å². The molecule has 2 aliphatic heterocycles. The Morgan fingerprint density at radius 3 is 1.92 bits per heavy atom. The highest BCUT2D eigenvalue weighted by molar-refractivity contribution is 6.20. The van der Waals surface area contributed by atoms with E-state index in [0.29, 0.717) is 0 Å². The second kappa shape index (κ2) is 15.8. The van der Waals surface area contributed by atoms with Crippen LogP contribution in [-0.2, 0) is 16.2 Å². The first-order chi connectivity index (χ1) is 35.9. The molecule has 4 atom stereocenters. The largest absolute Gasteiger partial charge is 0.455 e. The van der Waals surface area contributed by atoms with E-state index in [0.717, 1.165) is 40.5 Å². The summed E-state index contributed by atoms with van der Waals surface area (Å²) in [6.45, 7) is 19.3. The first-order valence-electron chi connectivity index (χ1n) is 27.5. The molecule has 8 aromatic carbocycles. The van der Waals surface area contributed by atoms with E-state index in [1.807, 2.05) is 0 Å². The third kappa shape index (κ3) is 5.63. The molecule has 3 aliphatic carbocycles. The van der Waals surface area contributed by atoms with Crippen molar-refractivity contribution in [2.45, 2.75) is 121 Å². The molecule has 1 spiro atoms. The summed E-state index contributed by atoms with van der Waals surface area (Å²) in [5.41, 5.74) is 24.7. The van der Waals surface area contributed by atoms with Gasteiger partial charge in [0, 0.05) is 49.9 Å². The molecule has 4 unspecified atom stereocenters. The predicted octanol–water partition coefficient (Wildman–Crippen LogP) is 19.3. The molecule has 0 saturated heterocycles. The Hall–Kier alpha value is -7.36. The fraction of sp³-hybridized carbons (Fsp3) is 0.268. The van der Waals surface area contributed by atoms with E-state index in [1.165, 1.54) is 121 Å². The summed E-state index contributed by atoms with van der Waals surface area (Å²) in [5, 5.41) is 2.34. The number of anilines is 4. The highest BCUT2D eigenvalue weighted by Gasteiger charge is 2.58. The molecule has 0 amide bonds. The number of hydrogen-bond donors (Lipinski definition) is 0. The predicted molar refractivity (Wildman–Crippen MR) is 311 cm³/mol. The SMILES string of the molecule is C/C=C\C1=C(C)C2(c3ccccc31)c1cc(-c3ccc(N4c5ccccc5C5(C)CCCCC45C)cc3)ccc1-c1c2cc(-c2ccc(N3c4ccccc4C(C)(C)C3(C)CCC)cc2)c2oc3ccccc3c12. The topological polar surface area (TPSA) is 19.6 Å². The lowest BCUT2D eigenvalue weighted by atomic mass is 9.61. The Morgan fingerprint density at radius 2 is 1.18 bits per heavy atom. The van der Waals surface area contributed by atoms with Gasteiger partial charge in [0.15, 0.2) is 0 Å². The number of allylic oxidation sites excluding steroid dienone is 4. The fourth-order valence-electron chi connectivity index (χ4n) is 15.9. The van der Waals surface area contributed by atoms with Crippen molar-refractivity contribution >= 4 is 50.3 Å². The second-order valence-electron chi connectivity index (χ2n) is 23.5. The van der Waals surface area contributed by atoms with Crippen LogP contribution in [0.1, 0.15) is 127 Å². The first-order valence-corrected chi connectivity index (χ1v) is 27.5. The minimum Gasteiger partial charge on any atom is -0.455 e. The van der Waals surface area contributed by atoms with Gasteiger partial charge >= 0.3 is 0 Å². The highest BCUT2D eigenvalue weighted by Crippen LogP contribution is 2.66. The molecular formula is C71H66N2O. The van der Waals surface area contributed by atoms with Crippen LogP contribution in [-0.4, -0.2) is 11.1 Å². The van der Waals surface area contributed by atoms with Crippen molar-refractivity contribution in [2.75, 3.05) is 9.80 Å². The number of benzene rings is 8. The number of nitrogens with zero attached hydrogens (tertiary/aromatic N) is 2. The molecule has 0 bridgehead atoms. The summed E-state index contributed by atoms with van der Waals surface area (Å²) in [4.78, 5) is 5.32. The smallest absolute Gasteiger partial charge is 0.143 e. The van der Waals surface area contributed by atoms with Gasteiger partial charge in [-0.3, -0.25) is 0 Å². The van der Waals surface area contributed by atoms with Gasteiger partial charge in [-0.2, -0.15) is 0 Å². The zero-order valence-corrected chi connectivity index (χ0v) is 44.4. The maximum absolute atomic E-state index is 7.13. The number of rotatable bonds is 7. The number of hydrogen-bond acceptors (Lipinski definition) is 3. The van der Waals surface area contributed by atoms with Crippen LogP contribution < -0.4 is 9.80 Å². The maximum atomic E-state index is 7.13. The first kappa shape index (κ1) is 45.3. The monoisotopic (exact) mass is 963 g/mol. The standard InChI is InChI=1S/C71H66N2O/c1-9-21-51-45(3)71(56-24-13-11-22-52(51)56)59-43-48(46-30-35-50(36-31-46)73-62-28-17-15-26-58(62)68(6)41-19-20-42-70(68,73)8)34-39-53(59)64-60(71)44-55(66-65(64)54-23-12-18-29-63(54)74-66)47-32-37-49(38-33-47)72-61-27-16-14-25-57(61)67(4,5)69(72,7)40-10-2/h9,11-18,21-39,43-44H,10,19-20,40-42H2,1-8H3/b21-9-. The van der Waals surface area contributed by atoms with Crippen molar-refractivity contribution in [3.8, 4) is 33.4 Å². The minimum absolute atomic E-state index is 0.0173. The van der Waals surface area contributed by atoms with E-state index in [4.69, 9.17) is 4.42 Å². The van der Waals surface area contributed by atoms with Crippen LogP contribution in [0.4, 0.5) is 22.7 Å². The van der Waals surface area contributed by atoms with Gasteiger partial charge in [-0.05, 0) is 174 Å². The van der Waals surface area contributed by atoms with Crippen molar-refractivity contribution in [3.63, 3.8) is 0 Å². The zero-order chi connectivity index (χ0) is 50.5.